The fourth-order valence-electron chi connectivity index (χ4n) is 5.32. The number of hydrogen-bond acceptors (Lipinski definition) is 14. The Balaban J connectivity index is 2.74. The molecule has 0 aliphatic heterocycles. The van der Waals surface area contributed by atoms with E-state index in [1.54, 1.807) is 6.92 Å². The Morgan fingerprint density at radius 3 is 1.53 bits per heavy atom. The van der Waals surface area contributed by atoms with Crippen LogP contribution < -0.4 is 0 Å². The Bertz CT molecular complexity index is 1150. The largest absolute Gasteiger partial charge is 0.472 e. The fourth-order valence-corrected chi connectivity index (χ4v) is 8.31. The number of rotatable bonds is 28. The van der Waals surface area contributed by atoms with E-state index in [2.05, 4.69) is 16.0 Å². The van der Waals surface area contributed by atoms with Crippen LogP contribution in [0.4, 0.5) is 0 Å². The van der Waals surface area contributed by atoms with Gasteiger partial charge in [0.2, 0.25) is 0 Å². The summed E-state index contributed by atoms with van der Waals surface area (Å²) in [7, 11) is -16.4. The predicted molar refractivity (Wildman–Crippen MR) is 185 cm³/mol. The van der Waals surface area contributed by atoms with Gasteiger partial charge in [-0.25, -0.2) is 13.7 Å². The Kier molecular flexibility index (Phi) is 23.9. The molecule has 18 nitrogen and oxygen atoms in total. The van der Waals surface area contributed by atoms with Crippen LogP contribution in [0, 0.1) is 0 Å². The quantitative estimate of drug-likeness (QED) is 0.0314. The molecule has 0 aromatic heterocycles. The molecule has 302 valence electrons. The van der Waals surface area contributed by atoms with Gasteiger partial charge in [-0.3, -0.25) is 27.7 Å². The number of unbranched alkanes of at least 4 members (excludes halogenated alkanes) is 12. The van der Waals surface area contributed by atoms with Crippen molar-refractivity contribution in [3.8, 4) is 0 Å². The van der Waals surface area contributed by atoms with Crippen molar-refractivity contribution in [1.29, 1.82) is 0 Å². The van der Waals surface area contributed by atoms with Gasteiger partial charge in [0.1, 0.15) is 42.7 Å². The maximum atomic E-state index is 12.9. The zero-order chi connectivity index (χ0) is 38.7. The molecular formula is C29H57O18P3S. The van der Waals surface area contributed by atoms with Crippen molar-refractivity contribution in [2.24, 2.45) is 0 Å². The predicted octanol–water partition coefficient (Wildman–Crippen LogP) is 3.99. The summed E-state index contributed by atoms with van der Waals surface area (Å²) in [5, 5.41) is 31.2. The minimum atomic E-state index is -5.57. The smallest absolute Gasteiger partial charge is 0.459 e. The second-order valence-corrected chi connectivity index (χ2v) is 17.3. The van der Waals surface area contributed by atoms with E-state index < -0.39 is 78.8 Å². The second-order valence-electron chi connectivity index (χ2n) is 12.5. The number of carbonyl (C=O) groups is 2. The minimum Gasteiger partial charge on any atom is -0.459 e. The van der Waals surface area contributed by atoms with E-state index in [4.69, 9.17) is 23.6 Å². The number of esters is 1. The highest BCUT2D eigenvalue weighted by atomic mass is 32.2. The first-order chi connectivity index (χ1) is 23.8. The highest BCUT2D eigenvalue weighted by Crippen LogP contribution is 2.51. The molecule has 0 aromatic rings. The third-order valence-corrected chi connectivity index (χ3v) is 11.0. The highest BCUT2D eigenvalue weighted by molar-refractivity contribution is 8.13. The highest BCUT2D eigenvalue weighted by Gasteiger charge is 2.56. The lowest BCUT2D eigenvalue weighted by Crippen LogP contribution is -2.65. The van der Waals surface area contributed by atoms with Crippen LogP contribution in [0.5, 0.6) is 0 Å². The normalized spacial score (nSPS) is 24.6. The molecule has 1 rings (SSSR count). The fraction of sp³-hybridized carbons (Fsp3) is 0.931. The molecule has 0 amide bonds. The molecule has 0 aromatic carbocycles. The number of aliphatic hydroxyl groups excluding tert-OH is 3. The Hall–Kier alpha value is -0.300. The molecule has 8 atom stereocenters. The standard InChI is InChI=1S/C29H57O18P3S/c1-3-5-6-7-8-9-10-11-12-13-14-15-16-18-22(30)44-21(20-51-23(31)17-4-2)19-43-50(41,42)47-27-24(32)25(33)28(45-48(35,36)37)29(26(27)34)46-49(38,39)40/h21,24-29,32-34H,3-20H2,1-2H3,(H,41,42)(H2,35,36,37)(H2,38,39,40)/t21-,24?,25+,26-,27?,28?,29-/m0/s1. The van der Waals surface area contributed by atoms with Crippen molar-refractivity contribution in [3.05, 3.63) is 0 Å². The van der Waals surface area contributed by atoms with Crippen LogP contribution in [0.3, 0.4) is 0 Å². The van der Waals surface area contributed by atoms with E-state index in [9.17, 15) is 53.3 Å². The SMILES string of the molecule is CCCCCCCCCCCCCCCC(=O)O[C@@H](COP(=O)(O)OC1C(O)[C@@H](O)C(OP(=O)(O)O)[C@@H](OP(=O)(O)O)[C@H]1O)CSC(=O)CCC. The van der Waals surface area contributed by atoms with E-state index in [1.807, 2.05) is 0 Å². The van der Waals surface area contributed by atoms with E-state index in [0.29, 0.717) is 12.8 Å². The Morgan fingerprint density at radius 1 is 0.608 bits per heavy atom. The number of hydrogen-bond donors (Lipinski definition) is 8. The van der Waals surface area contributed by atoms with Crippen molar-refractivity contribution < 1.29 is 85.9 Å². The molecule has 51 heavy (non-hydrogen) atoms. The van der Waals surface area contributed by atoms with Gasteiger partial charge in [-0.05, 0) is 12.8 Å². The number of ether oxygens (including phenoxy) is 1. The van der Waals surface area contributed by atoms with Gasteiger partial charge in [0, 0.05) is 18.6 Å². The third-order valence-electron chi connectivity index (χ3n) is 7.88. The maximum Gasteiger partial charge on any atom is 0.472 e. The molecule has 8 N–H and O–H groups in total. The van der Waals surface area contributed by atoms with E-state index in [1.165, 1.54) is 51.4 Å². The first-order valence-electron chi connectivity index (χ1n) is 17.3. The maximum absolute atomic E-state index is 12.9. The number of phosphoric ester groups is 3. The van der Waals surface area contributed by atoms with Crippen LogP contribution in [-0.4, -0.2) is 106 Å². The number of aliphatic hydroxyl groups is 3. The average Bonchev–Trinajstić information content (AvgIpc) is 3.02. The van der Waals surface area contributed by atoms with Gasteiger partial charge in [-0.2, -0.15) is 0 Å². The van der Waals surface area contributed by atoms with Gasteiger partial charge in [0.15, 0.2) is 5.12 Å². The molecule has 22 heteroatoms. The molecular weight excluding hydrogens is 761 g/mol. The molecule has 1 aliphatic carbocycles. The van der Waals surface area contributed by atoms with Crippen molar-refractivity contribution >= 4 is 46.3 Å². The summed E-state index contributed by atoms with van der Waals surface area (Å²) in [6, 6.07) is 0. The topological polar surface area (TPSA) is 293 Å². The lowest BCUT2D eigenvalue weighted by atomic mass is 9.85. The van der Waals surface area contributed by atoms with Crippen LogP contribution >= 0.6 is 35.2 Å². The molecule has 1 saturated carbocycles. The zero-order valence-electron chi connectivity index (χ0n) is 29.2. The lowest BCUT2D eigenvalue weighted by molar-refractivity contribution is -0.213. The number of thioether (sulfide) groups is 1. The van der Waals surface area contributed by atoms with Crippen LogP contribution in [0.1, 0.15) is 117 Å². The summed E-state index contributed by atoms with van der Waals surface area (Å²) in [5.41, 5.74) is 0. The van der Waals surface area contributed by atoms with Crippen LogP contribution in [-0.2, 0) is 46.1 Å². The first kappa shape index (κ1) is 48.7. The molecule has 4 unspecified atom stereocenters. The summed E-state index contributed by atoms with van der Waals surface area (Å²) in [6.45, 7) is 3.18. The Labute approximate surface area is 303 Å². The van der Waals surface area contributed by atoms with Crippen molar-refractivity contribution in [2.45, 2.75) is 159 Å². The summed E-state index contributed by atoms with van der Waals surface area (Å²) < 4.78 is 59.4. The summed E-state index contributed by atoms with van der Waals surface area (Å²) in [5.74, 6) is -0.797. The van der Waals surface area contributed by atoms with Gasteiger partial charge in [0.25, 0.3) is 0 Å². The number of carbonyl (C=O) groups excluding carboxylic acids is 2. The average molecular weight is 819 g/mol. The zero-order valence-corrected chi connectivity index (χ0v) is 32.7. The van der Waals surface area contributed by atoms with E-state index >= 15 is 0 Å². The van der Waals surface area contributed by atoms with Crippen molar-refractivity contribution in [2.75, 3.05) is 12.4 Å². The lowest BCUT2D eigenvalue weighted by Gasteiger charge is -2.44. The van der Waals surface area contributed by atoms with Gasteiger partial charge in [0.05, 0.1) is 6.61 Å². The third kappa shape index (κ3) is 22.0. The molecule has 1 fully saturated rings. The summed E-state index contributed by atoms with van der Waals surface area (Å²) >= 11 is 0.807. The molecule has 0 saturated heterocycles. The van der Waals surface area contributed by atoms with E-state index in [0.717, 1.165) is 37.4 Å². The summed E-state index contributed by atoms with van der Waals surface area (Å²) in [6.07, 6.45) is -0.703. The summed E-state index contributed by atoms with van der Waals surface area (Å²) in [4.78, 5) is 71.8. The van der Waals surface area contributed by atoms with Crippen molar-refractivity contribution in [1.82, 2.24) is 0 Å². The molecule has 1 aliphatic rings. The number of phosphoric acid groups is 3. The second kappa shape index (κ2) is 25.0. The van der Waals surface area contributed by atoms with Crippen LogP contribution in [0.2, 0.25) is 0 Å². The molecule has 0 bridgehead atoms. The molecule has 0 radical (unpaired) electrons. The van der Waals surface area contributed by atoms with Crippen molar-refractivity contribution in [3.63, 3.8) is 0 Å². The van der Waals surface area contributed by atoms with Gasteiger partial charge in [-0.1, -0.05) is 103 Å². The monoisotopic (exact) mass is 818 g/mol. The first-order valence-corrected chi connectivity index (χ1v) is 22.9. The Morgan fingerprint density at radius 2 is 1.06 bits per heavy atom. The van der Waals surface area contributed by atoms with Crippen LogP contribution in [0.15, 0.2) is 0 Å². The molecule has 0 spiro atoms. The minimum absolute atomic E-state index is 0.0479. The van der Waals surface area contributed by atoms with Gasteiger partial charge >= 0.3 is 29.4 Å². The van der Waals surface area contributed by atoms with E-state index in [-0.39, 0.29) is 23.7 Å². The van der Waals surface area contributed by atoms with Crippen LogP contribution in [0.25, 0.3) is 0 Å². The molecule has 0 heterocycles. The van der Waals surface area contributed by atoms with Gasteiger partial charge in [-0.15, -0.1) is 0 Å². The van der Waals surface area contributed by atoms with Gasteiger partial charge < -0.3 is 44.5 Å².